The second kappa shape index (κ2) is 8.80. The molecular weight excluding hydrogens is 397 g/mol. The molecule has 0 atom stereocenters. The number of ether oxygens (including phenoxy) is 2. The van der Waals surface area contributed by atoms with Crippen molar-refractivity contribution < 1.29 is 14.3 Å². The highest BCUT2D eigenvalue weighted by atomic mass is 35.5. The van der Waals surface area contributed by atoms with Gasteiger partial charge in [0.25, 0.3) is 0 Å². The Labute approximate surface area is 174 Å². The van der Waals surface area contributed by atoms with Gasteiger partial charge in [-0.3, -0.25) is 4.98 Å². The quantitative estimate of drug-likeness (QED) is 0.492. The molecule has 28 heavy (non-hydrogen) atoms. The molecule has 2 aromatic carbocycles. The molecule has 1 heterocycles. The minimum Gasteiger partial charge on any atom is -0.481 e. The average molecular weight is 418 g/mol. The van der Waals surface area contributed by atoms with Crippen LogP contribution in [-0.2, 0) is 22.4 Å². The number of halogens is 2. The van der Waals surface area contributed by atoms with Crippen LogP contribution in [0.4, 0.5) is 0 Å². The topological polar surface area (TPSA) is 48.4 Å². The summed E-state index contributed by atoms with van der Waals surface area (Å²) in [6, 6.07) is 11.3. The maximum atomic E-state index is 11.5. The largest absolute Gasteiger partial charge is 0.481 e. The molecule has 0 spiro atoms. The summed E-state index contributed by atoms with van der Waals surface area (Å²) < 4.78 is 10.4. The molecule has 0 bridgehead atoms. The molecule has 0 N–H and O–H groups in total. The summed E-state index contributed by atoms with van der Waals surface area (Å²) in [5, 5.41) is 2.10. The molecule has 3 aromatic rings. The first-order chi connectivity index (χ1) is 13.4. The number of aromatic nitrogens is 1. The molecule has 1 aromatic heterocycles. The number of carbonyl (C=O) groups excluding carboxylic acids is 1. The molecule has 146 valence electrons. The Morgan fingerprint density at radius 2 is 1.79 bits per heavy atom. The van der Waals surface area contributed by atoms with Gasteiger partial charge in [0.1, 0.15) is 5.75 Å². The first-order valence-corrected chi connectivity index (χ1v) is 9.74. The van der Waals surface area contributed by atoms with Crippen LogP contribution in [0, 0.1) is 6.92 Å². The first-order valence-electron chi connectivity index (χ1n) is 8.99. The summed E-state index contributed by atoms with van der Waals surface area (Å²) in [4.78, 5) is 16.3. The van der Waals surface area contributed by atoms with Gasteiger partial charge in [-0.25, -0.2) is 4.79 Å². The summed E-state index contributed by atoms with van der Waals surface area (Å²) in [6.45, 7) is 3.91. The number of fused-ring (bicyclic) bond motifs is 1. The molecule has 4 nitrogen and oxygen atoms in total. The van der Waals surface area contributed by atoms with E-state index < -0.39 is 5.97 Å². The lowest BCUT2D eigenvalue weighted by Gasteiger charge is -2.18. The zero-order chi connectivity index (χ0) is 20.3. The molecule has 3 rings (SSSR count). The lowest BCUT2D eigenvalue weighted by molar-refractivity contribution is -0.142. The van der Waals surface area contributed by atoms with Crippen LogP contribution in [0.1, 0.15) is 29.3 Å². The van der Waals surface area contributed by atoms with Gasteiger partial charge in [0.05, 0.1) is 17.6 Å². The number of pyridine rings is 1. The molecule has 0 fully saturated rings. The van der Waals surface area contributed by atoms with E-state index in [-0.39, 0.29) is 6.61 Å². The molecule has 0 aliphatic rings. The fourth-order valence-electron chi connectivity index (χ4n) is 3.30. The van der Waals surface area contributed by atoms with Crippen molar-refractivity contribution in [1.29, 1.82) is 0 Å². The van der Waals surface area contributed by atoms with Crippen LogP contribution in [0.3, 0.4) is 0 Å². The Morgan fingerprint density at radius 3 is 2.43 bits per heavy atom. The standard InChI is InChI=1S/C22H21Cl2NO3/c1-4-16-17(11-14-5-7-15(23)8-6-14)13(2)25-22-18(24)9-10-19(21(16)22)28-12-20(26)27-3/h5-10H,4,11-12H2,1-3H3. The van der Waals surface area contributed by atoms with Gasteiger partial charge in [-0.15, -0.1) is 0 Å². The van der Waals surface area contributed by atoms with E-state index in [4.69, 9.17) is 32.9 Å². The molecular formula is C22H21Cl2NO3. The lowest BCUT2D eigenvalue weighted by Crippen LogP contribution is -2.13. The van der Waals surface area contributed by atoms with Crippen LogP contribution >= 0.6 is 23.2 Å². The molecule has 0 radical (unpaired) electrons. The van der Waals surface area contributed by atoms with E-state index in [1.54, 1.807) is 12.1 Å². The Hall–Kier alpha value is -2.30. The maximum absolute atomic E-state index is 11.5. The number of methoxy groups -OCH3 is 1. The van der Waals surface area contributed by atoms with Gasteiger partial charge in [0.2, 0.25) is 0 Å². The number of aryl methyl sites for hydroxylation is 2. The van der Waals surface area contributed by atoms with Gasteiger partial charge in [0, 0.05) is 16.1 Å². The average Bonchev–Trinajstić information content (AvgIpc) is 2.70. The van der Waals surface area contributed by atoms with Crippen molar-refractivity contribution >= 4 is 40.1 Å². The van der Waals surface area contributed by atoms with Crippen LogP contribution in [0.15, 0.2) is 36.4 Å². The Bertz CT molecular complexity index is 1020. The highest BCUT2D eigenvalue weighted by Gasteiger charge is 2.18. The number of esters is 1. The van der Waals surface area contributed by atoms with E-state index >= 15 is 0 Å². The Balaban J connectivity index is 2.14. The van der Waals surface area contributed by atoms with Gasteiger partial charge >= 0.3 is 5.97 Å². The molecule has 0 aliphatic carbocycles. The molecule has 6 heteroatoms. The second-order valence-electron chi connectivity index (χ2n) is 6.45. The van der Waals surface area contributed by atoms with E-state index in [0.29, 0.717) is 21.3 Å². The van der Waals surface area contributed by atoms with Gasteiger partial charge in [-0.1, -0.05) is 42.3 Å². The van der Waals surface area contributed by atoms with Crippen molar-refractivity contribution in [2.45, 2.75) is 26.7 Å². The Kier molecular flexibility index (Phi) is 6.42. The van der Waals surface area contributed by atoms with Crippen molar-refractivity contribution in [3.8, 4) is 5.75 Å². The number of nitrogens with zero attached hydrogens (tertiary/aromatic N) is 1. The Morgan fingerprint density at radius 1 is 1.07 bits per heavy atom. The van der Waals surface area contributed by atoms with E-state index in [1.165, 1.54) is 7.11 Å². The van der Waals surface area contributed by atoms with Crippen molar-refractivity contribution in [2.75, 3.05) is 13.7 Å². The van der Waals surface area contributed by atoms with Crippen LogP contribution in [-0.4, -0.2) is 24.7 Å². The second-order valence-corrected chi connectivity index (χ2v) is 7.29. The minimum absolute atomic E-state index is 0.170. The number of hydrogen-bond acceptors (Lipinski definition) is 4. The van der Waals surface area contributed by atoms with Gasteiger partial charge in [-0.05, 0) is 60.7 Å². The van der Waals surface area contributed by atoms with Crippen LogP contribution in [0.25, 0.3) is 10.9 Å². The van der Waals surface area contributed by atoms with Gasteiger partial charge < -0.3 is 9.47 Å². The molecule has 0 amide bonds. The lowest BCUT2D eigenvalue weighted by atomic mass is 9.93. The highest BCUT2D eigenvalue weighted by Crippen LogP contribution is 2.36. The molecule has 0 saturated heterocycles. The summed E-state index contributed by atoms with van der Waals surface area (Å²) in [5.74, 6) is 0.133. The van der Waals surface area contributed by atoms with Crippen LogP contribution in [0.2, 0.25) is 10.0 Å². The first kappa shape index (κ1) is 20.4. The van der Waals surface area contributed by atoms with E-state index in [0.717, 1.165) is 40.6 Å². The maximum Gasteiger partial charge on any atom is 0.343 e. The van der Waals surface area contributed by atoms with E-state index in [2.05, 4.69) is 11.7 Å². The third kappa shape index (κ3) is 4.23. The SMILES string of the molecule is CCc1c(Cc2ccc(Cl)cc2)c(C)nc2c(Cl)ccc(OCC(=O)OC)c12. The molecule has 0 aliphatic heterocycles. The normalized spacial score (nSPS) is 10.9. The molecule has 0 unspecified atom stereocenters. The summed E-state index contributed by atoms with van der Waals surface area (Å²) in [6.07, 6.45) is 1.50. The summed E-state index contributed by atoms with van der Waals surface area (Å²) >= 11 is 12.4. The highest BCUT2D eigenvalue weighted by molar-refractivity contribution is 6.35. The van der Waals surface area contributed by atoms with Crippen molar-refractivity contribution in [2.24, 2.45) is 0 Å². The van der Waals surface area contributed by atoms with E-state index in [1.807, 2.05) is 31.2 Å². The van der Waals surface area contributed by atoms with Crippen molar-refractivity contribution in [3.63, 3.8) is 0 Å². The predicted octanol–water partition coefficient (Wildman–Crippen LogP) is 5.56. The number of benzene rings is 2. The molecule has 0 saturated carbocycles. The third-order valence-corrected chi connectivity index (χ3v) is 5.25. The van der Waals surface area contributed by atoms with Crippen molar-refractivity contribution in [3.05, 3.63) is 68.8 Å². The van der Waals surface area contributed by atoms with Gasteiger partial charge in [-0.2, -0.15) is 0 Å². The number of hydrogen-bond donors (Lipinski definition) is 0. The van der Waals surface area contributed by atoms with Crippen molar-refractivity contribution in [1.82, 2.24) is 4.98 Å². The number of rotatable bonds is 6. The monoisotopic (exact) mass is 417 g/mol. The number of carbonyl (C=O) groups is 1. The smallest absolute Gasteiger partial charge is 0.343 e. The fourth-order valence-corrected chi connectivity index (χ4v) is 3.63. The predicted molar refractivity (Wildman–Crippen MR) is 113 cm³/mol. The zero-order valence-electron chi connectivity index (χ0n) is 16.0. The van der Waals surface area contributed by atoms with Gasteiger partial charge in [0.15, 0.2) is 6.61 Å². The summed E-state index contributed by atoms with van der Waals surface area (Å²) in [7, 11) is 1.33. The van der Waals surface area contributed by atoms with E-state index in [9.17, 15) is 4.79 Å². The summed E-state index contributed by atoms with van der Waals surface area (Å²) in [5.41, 5.74) is 4.98. The fraction of sp³-hybridized carbons (Fsp3) is 0.273. The van der Waals surface area contributed by atoms with Crippen LogP contribution < -0.4 is 4.74 Å². The zero-order valence-corrected chi connectivity index (χ0v) is 17.5. The van der Waals surface area contributed by atoms with Crippen LogP contribution in [0.5, 0.6) is 5.75 Å². The minimum atomic E-state index is -0.442. The third-order valence-electron chi connectivity index (χ3n) is 4.69.